The molecule has 2 saturated heterocycles. The molecule has 4 unspecified atom stereocenters. The van der Waals surface area contributed by atoms with Gasteiger partial charge in [-0.15, -0.1) is 0 Å². The highest BCUT2D eigenvalue weighted by atomic mass is 16.5. The Morgan fingerprint density at radius 2 is 0.973 bits per heavy atom. The van der Waals surface area contributed by atoms with Gasteiger partial charge in [0.2, 0.25) is 0 Å². The average Bonchev–Trinajstić information content (AvgIpc) is 2.81. The van der Waals surface area contributed by atoms with Crippen molar-refractivity contribution in [3.8, 4) is 0 Å². The van der Waals surface area contributed by atoms with Crippen LogP contribution < -0.4 is 0 Å². The van der Waals surface area contributed by atoms with E-state index in [1.54, 1.807) is 0 Å². The van der Waals surface area contributed by atoms with Crippen molar-refractivity contribution < 1.29 is 24.1 Å². The first-order valence-electron chi connectivity index (χ1n) is 16.1. The molecule has 5 nitrogen and oxygen atoms in total. The summed E-state index contributed by atoms with van der Waals surface area (Å²) in [4.78, 5) is 9.00. The Balaban J connectivity index is 0.00000159. The van der Waals surface area contributed by atoms with Gasteiger partial charge in [-0.25, -0.2) is 0 Å². The number of aliphatic carboxylic acids is 1. The van der Waals surface area contributed by atoms with Gasteiger partial charge in [-0.2, -0.15) is 0 Å². The first-order valence-corrected chi connectivity index (χ1v) is 16.1. The fourth-order valence-corrected chi connectivity index (χ4v) is 5.29. The third kappa shape index (κ3) is 20.9. The molecule has 0 saturated carbocycles. The van der Waals surface area contributed by atoms with E-state index in [-0.39, 0.29) is 0 Å². The molecule has 0 bridgehead atoms. The second kappa shape index (κ2) is 24.4. The summed E-state index contributed by atoms with van der Waals surface area (Å²) in [5.41, 5.74) is 0. The molecule has 2 rings (SSSR count). The van der Waals surface area contributed by atoms with Crippen LogP contribution in [0.5, 0.6) is 0 Å². The van der Waals surface area contributed by atoms with Crippen LogP contribution in [-0.2, 0) is 19.0 Å². The van der Waals surface area contributed by atoms with Crippen molar-refractivity contribution >= 4 is 5.97 Å². The van der Waals surface area contributed by atoms with E-state index < -0.39 is 5.97 Å². The van der Waals surface area contributed by atoms with Crippen LogP contribution in [-0.4, -0.2) is 48.7 Å². The maximum atomic E-state index is 9.00. The third-order valence-corrected chi connectivity index (χ3v) is 7.78. The summed E-state index contributed by atoms with van der Waals surface area (Å²) in [7, 11) is 0. The molecule has 2 aliphatic heterocycles. The van der Waals surface area contributed by atoms with Crippen LogP contribution in [0, 0.1) is 0 Å². The Bertz CT molecular complexity index is 461. The summed E-state index contributed by atoms with van der Waals surface area (Å²) in [5, 5.41) is 7.42. The Morgan fingerprint density at radius 3 is 1.24 bits per heavy atom. The molecule has 0 aromatic rings. The van der Waals surface area contributed by atoms with Crippen molar-refractivity contribution in [2.24, 2.45) is 0 Å². The van der Waals surface area contributed by atoms with Crippen molar-refractivity contribution in [3.63, 3.8) is 0 Å². The topological polar surface area (TPSA) is 65.0 Å². The molecule has 0 amide bonds. The van der Waals surface area contributed by atoms with Crippen molar-refractivity contribution in [2.45, 2.75) is 186 Å². The van der Waals surface area contributed by atoms with Crippen molar-refractivity contribution in [2.75, 3.05) is 13.2 Å². The van der Waals surface area contributed by atoms with E-state index in [2.05, 4.69) is 13.8 Å². The van der Waals surface area contributed by atoms with Crippen molar-refractivity contribution in [1.29, 1.82) is 0 Å². The smallest absolute Gasteiger partial charge is 0.300 e. The van der Waals surface area contributed by atoms with E-state index in [1.165, 1.54) is 128 Å². The molecule has 0 aromatic heterocycles. The van der Waals surface area contributed by atoms with E-state index in [1.807, 2.05) is 0 Å². The van der Waals surface area contributed by atoms with Crippen molar-refractivity contribution in [1.82, 2.24) is 0 Å². The van der Waals surface area contributed by atoms with E-state index in [4.69, 9.17) is 24.1 Å². The van der Waals surface area contributed by atoms with Crippen LogP contribution in [0.3, 0.4) is 0 Å². The third-order valence-electron chi connectivity index (χ3n) is 7.78. The summed E-state index contributed by atoms with van der Waals surface area (Å²) in [6.07, 6.45) is 30.9. The predicted molar refractivity (Wildman–Crippen MR) is 154 cm³/mol. The summed E-state index contributed by atoms with van der Waals surface area (Å²) in [6.45, 7) is 7.58. The number of rotatable bonds is 24. The first kappa shape index (κ1) is 34.4. The Hall–Kier alpha value is -0.650. The molecular weight excluding hydrogens is 464 g/mol. The molecule has 0 spiro atoms. The molecule has 2 aliphatic rings. The minimum Gasteiger partial charge on any atom is -0.481 e. The first-order chi connectivity index (χ1) is 18.0. The maximum absolute atomic E-state index is 9.00. The number of carboxylic acids is 1. The van der Waals surface area contributed by atoms with Gasteiger partial charge in [-0.05, 0) is 38.5 Å². The highest BCUT2D eigenvalue weighted by molar-refractivity contribution is 5.62. The Labute approximate surface area is 229 Å². The highest BCUT2D eigenvalue weighted by Gasteiger charge is 2.28. The molecule has 37 heavy (non-hydrogen) atoms. The largest absolute Gasteiger partial charge is 0.481 e. The standard InChI is InChI=1S/C30H58O3.C2H4O2/c1-3-5-7-9-11-13-15-17-19-29(25-27-21-23-31-27)33-30(26-28-22-24-32-28)20-18-16-14-12-10-8-6-4-2;1-2(3)4/h27-30H,3-26H2,1-2H3;1H3,(H,3,4). The lowest BCUT2D eigenvalue weighted by Gasteiger charge is -2.35. The number of hydrogen-bond acceptors (Lipinski definition) is 4. The van der Waals surface area contributed by atoms with Crippen molar-refractivity contribution in [3.05, 3.63) is 0 Å². The van der Waals surface area contributed by atoms with Crippen LogP contribution in [0.2, 0.25) is 0 Å². The number of carboxylic acid groups (broad SMARTS) is 1. The van der Waals surface area contributed by atoms with Crippen LogP contribution in [0.1, 0.15) is 162 Å². The zero-order chi connectivity index (χ0) is 27.0. The minimum atomic E-state index is -0.833. The second-order valence-corrected chi connectivity index (χ2v) is 11.5. The minimum absolute atomic E-state index is 0.384. The molecule has 2 heterocycles. The highest BCUT2D eigenvalue weighted by Crippen LogP contribution is 2.27. The zero-order valence-electron chi connectivity index (χ0n) is 24.9. The molecule has 0 aliphatic carbocycles. The van der Waals surface area contributed by atoms with Gasteiger partial charge >= 0.3 is 0 Å². The maximum Gasteiger partial charge on any atom is 0.300 e. The van der Waals surface area contributed by atoms with E-state index in [0.29, 0.717) is 24.4 Å². The number of hydrogen-bond donors (Lipinski definition) is 1. The zero-order valence-corrected chi connectivity index (χ0v) is 24.9. The fraction of sp³-hybridized carbons (Fsp3) is 0.969. The van der Waals surface area contributed by atoms with Crippen LogP contribution in [0.25, 0.3) is 0 Å². The summed E-state index contributed by atoms with van der Waals surface area (Å²) < 4.78 is 18.4. The van der Waals surface area contributed by atoms with E-state index in [0.717, 1.165) is 33.0 Å². The Kier molecular flexibility index (Phi) is 22.7. The van der Waals surface area contributed by atoms with Crippen LogP contribution >= 0.6 is 0 Å². The lowest BCUT2D eigenvalue weighted by Crippen LogP contribution is -2.36. The molecular formula is C32H62O5. The average molecular weight is 527 g/mol. The summed E-state index contributed by atoms with van der Waals surface area (Å²) in [6, 6.07) is 0. The SMILES string of the molecule is CC(=O)O.CCCCCCCCCCC(CC1CCO1)OC(CCCCCCCCCC)CC1CCO1. The number of carbonyl (C=O) groups is 1. The van der Waals surface area contributed by atoms with Gasteiger partial charge in [0.05, 0.1) is 24.4 Å². The quantitative estimate of drug-likeness (QED) is 0.127. The molecule has 1 N–H and O–H groups in total. The van der Waals surface area contributed by atoms with Gasteiger partial charge in [-0.1, -0.05) is 117 Å². The molecule has 0 aromatic carbocycles. The van der Waals surface area contributed by atoms with Crippen LogP contribution in [0.15, 0.2) is 0 Å². The van der Waals surface area contributed by atoms with Gasteiger partial charge in [0, 0.05) is 20.1 Å². The summed E-state index contributed by atoms with van der Waals surface area (Å²) in [5.74, 6) is -0.833. The van der Waals surface area contributed by atoms with Gasteiger partial charge in [-0.3, -0.25) is 4.79 Å². The lowest BCUT2D eigenvalue weighted by atomic mass is 9.97. The van der Waals surface area contributed by atoms with Gasteiger partial charge in [0.25, 0.3) is 5.97 Å². The molecule has 2 fully saturated rings. The van der Waals surface area contributed by atoms with Gasteiger partial charge < -0.3 is 19.3 Å². The predicted octanol–water partition coefficient (Wildman–Crippen LogP) is 9.25. The fourth-order valence-electron chi connectivity index (χ4n) is 5.29. The van der Waals surface area contributed by atoms with E-state index >= 15 is 0 Å². The van der Waals surface area contributed by atoms with E-state index in [9.17, 15) is 0 Å². The lowest BCUT2D eigenvalue weighted by molar-refractivity contribution is -0.134. The number of ether oxygens (including phenoxy) is 3. The Morgan fingerprint density at radius 1 is 0.676 bits per heavy atom. The summed E-state index contributed by atoms with van der Waals surface area (Å²) >= 11 is 0. The second-order valence-electron chi connectivity index (χ2n) is 11.5. The molecule has 4 atom stereocenters. The molecule has 0 radical (unpaired) electrons. The van der Waals surface area contributed by atoms with Crippen LogP contribution in [0.4, 0.5) is 0 Å². The monoisotopic (exact) mass is 526 g/mol. The van der Waals surface area contributed by atoms with Gasteiger partial charge in [0.1, 0.15) is 0 Å². The van der Waals surface area contributed by atoms with Gasteiger partial charge in [0.15, 0.2) is 0 Å². The normalized spacial score (nSPS) is 20.3. The molecule has 220 valence electrons. The molecule has 5 heteroatoms. The number of unbranched alkanes of at least 4 members (excludes halogenated alkanes) is 14.